The van der Waals surface area contributed by atoms with Crippen LogP contribution >= 0.6 is 0 Å². The van der Waals surface area contributed by atoms with Gasteiger partial charge in [0.05, 0.1) is 0 Å². The van der Waals surface area contributed by atoms with Crippen molar-refractivity contribution in [2.24, 2.45) is 0 Å². The molecule has 1 aromatic carbocycles. The number of hydrogen-bond donors (Lipinski definition) is 0. The number of allylic oxidation sites excluding steroid dienone is 2. The largest absolute Gasteiger partial charge is 0.347 e. The second-order valence-corrected chi connectivity index (χ2v) is 5.26. The van der Waals surface area contributed by atoms with Crippen molar-refractivity contribution >= 4 is 5.69 Å². The van der Waals surface area contributed by atoms with E-state index in [0.717, 1.165) is 0 Å². The zero-order chi connectivity index (χ0) is 12.1. The maximum Gasteiger partial charge on any atom is 0.0450 e. The molecular weight excluding hydrogens is 194 g/mol. The van der Waals surface area contributed by atoms with Crippen molar-refractivity contribution in [1.29, 1.82) is 0 Å². The molecule has 0 aliphatic carbocycles. The first-order valence-corrected chi connectivity index (χ1v) is 5.92. The monoisotopic (exact) mass is 215 g/mol. The Kier molecular flexibility index (Phi) is 2.37. The number of rotatable bonds is 0. The van der Waals surface area contributed by atoms with Gasteiger partial charge in [0.2, 0.25) is 0 Å². The standard InChI is InChI=1S/C15H21N/c1-7-13-15(4,5)14-11(3)10(2)8-9-12(14)16(13)6/h7-9H,1-6H3. The highest BCUT2D eigenvalue weighted by Crippen LogP contribution is 2.48. The van der Waals surface area contributed by atoms with E-state index in [4.69, 9.17) is 0 Å². The van der Waals surface area contributed by atoms with Gasteiger partial charge in [0, 0.05) is 23.8 Å². The summed E-state index contributed by atoms with van der Waals surface area (Å²) in [4.78, 5) is 2.32. The van der Waals surface area contributed by atoms with Crippen molar-refractivity contribution in [3.05, 3.63) is 40.6 Å². The number of aryl methyl sites for hydroxylation is 1. The van der Waals surface area contributed by atoms with E-state index in [1.165, 1.54) is 28.1 Å². The van der Waals surface area contributed by atoms with Crippen LogP contribution in [-0.2, 0) is 5.41 Å². The molecule has 0 saturated carbocycles. The molecule has 0 N–H and O–H groups in total. The third-order valence-corrected chi connectivity index (χ3v) is 3.98. The van der Waals surface area contributed by atoms with Gasteiger partial charge in [0.15, 0.2) is 0 Å². The number of anilines is 1. The van der Waals surface area contributed by atoms with E-state index in [1.54, 1.807) is 0 Å². The molecule has 1 nitrogen and oxygen atoms in total. The third kappa shape index (κ3) is 1.24. The first-order valence-electron chi connectivity index (χ1n) is 5.92. The lowest BCUT2D eigenvalue weighted by Crippen LogP contribution is -2.22. The molecule has 2 rings (SSSR count). The highest BCUT2D eigenvalue weighted by Gasteiger charge is 2.39. The van der Waals surface area contributed by atoms with Crippen LogP contribution in [0.3, 0.4) is 0 Å². The average Bonchev–Trinajstić information content (AvgIpc) is 2.40. The molecule has 0 atom stereocenters. The van der Waals surface area contributed by atoms with Crippen molar-refractivity contribution in [2.45, 2.75) is 40.0 Å². The lowest BCUT2D eigenvalue weighted by molar-refractivity contribution is 0.634. The maximum atomic E-state index is 2.32. The topological polar surface area (TPSA) is 3.24 Å². The highest BCUT2D eigenvalue weighted by atomic mass is 15.2. The molecule has 0 aromatic heterocycles. The summed E-state index contributed by atoms with van der Waals surface area (Å²) in [5.41, 5.74) is 7.21. The van der Waals surface area contributed by atoms with Crippen molar-refractivity contribution < 1.29 is 0 Å². The fourth-order valence-electron chi connectivity index (χ4n) is 3.10. The van der Waals surface area contributed by atoms with E-state index >= 15 is 0 Å². The second-order valence-electron chi connectivity index (χ2n) is 5.26. The van der Waals surface area contributed by atoms with Gasteiger partial charge < -0.3 is 4.90 Å². The van der Waals surface area contributed by atoms with Gasteiger partial charge in [-0.2, -0.15) is 0 Å². The quantitative estimate of drug-likeness (QED) is 0.633. The van der Waals surface area contributed by atoms with Crippen molar-refractivity contribution in [1.82, 2.24) is 0 Å². The van der Waals surface area contributed by atoms with Crippen molar-refractivity contribution in [3.8, 4) is 0 Å². The molecule has 0 amide bonds. The fourth-order valence-corrected chi connectivity index (χ4v) is 3.10. The fraction of sp³-hybridized carbons (Fsp3) is 0.467. The molecule has 1 aromatic rings. The molecule has 0 fully saturated rings. The normalized spacial score (nSPS) is 20.4. The number of hydrogen-bond acceptors (Lipinski definition) is 1. The van der Waals surface area contributed by atoms with E-state index in [1.807, 2.05) is 0 Å². The van der Waals surface area contributed by atoms with E-state index in [2.05, 4.69) is 64.8 Å². The van der Waals surface area contributed by atoms with Gasteiger partial charge in [-0.25, -0.2) is 0 Å². The van der Waals surface area contributed by atoms with Crippen LogP contribution in [0.5, 0.6) is 0 Å². The van der Waals surface area contributed by atoms with Crippen LogP contribution in [0, 0.1) is 13.8 Å². The Morgan fingerprint density at radius 1 is 1.19 bits per heavy atom. The number of benzene rings is 1. The van der Waals surface area contributed by atoms with E-state index in [-0.39, 0.29) is 5.41 Å². The number of fused-ring (bicyclic) bond motifs is 1. The van der Waals surface area contributed by atoms with Gasteiger partial charge in [-0.1, -0.05) is 26.0 Å². The highest BCUT2D eigenvalue weighted by molar-refractivity contribution is 5.72. The van der Waals surface area contributed by atoms with Crippen LogP contribution < -0.4 is 4.90 Å². The molecule has 0 bridgehead atoms. The Labute approximate surface area is 98.8 Å². The van der Waals surface area contributed by atoms with Crippen molar-refractivity contribution in [2.75, 3.05) is 11.9 Å². The smallest absolute Gasteiger partial charge is 0.0450 e. The molecule has 16 heavy (non-hydrogen) atoms. The Morgan fingerprint density at radius 2 is 1.81 bits per heavy atom. The molecular formula is C15H21N. The first-order chi connectivity index (χ1) is 7.41. The molecule has 1 heteroatoms. The molecule has 1 heterocycles. The third-order valence-electron chi connectivity index (χ3n) is 3.98. The molecule has 0 spiro atoms. The Balaban J connectivity index is 2.78. The molecule has 0 unspecified atom stereocenters. The lowest BCUT2D eigenvalue weighted by atomic mass is 9.80. The van der Waals surface area contributed by atoms with Crippen LogP contribution in [0.2, 0.25) is 0 Å². The predicted octanol–water partition coefficient (Wildman–Crippen LogP) is 3.93. The predicted molar refractivity (Wildman–Crippen MR) is 71.1 cm³/mol. The van der Waals surface area contributed by atoms with Gasteiger partial charge >= 0.3 is 0 Å². The van der Waals surface area contributed by atoms with Gasteiger partial charge in [-0.15, -0.1) is 0 Å². The van der Waals surface area contributed by atoms with Crippen LogP contribution in [0.1, 0.15) is 37.5 Å². The summed E-state index contributed by atoms with van der Waals surface area (Å²) in [6.07, 6.45) is 2.23. The minimum Gasteiger partial charge on any atom is -0.347 e. The minimum atomic E-state index is 0.134. The van der Waals surface area contributed by atoms with Crippen molar-refractivity contribution in [3.63, 3.8) is 0 Å². The van der Waals surface area contributed by atoms with Crippen LogP contribution in [0.25, 0.3) is 0 Å². The Hall–Kier alpha value is -1.24. The molecule has 0 radical (unpaired) electrons. The zero-order valence-corrected chi connectivity index (χ0v) is 11.2. The summed E-state index contributed by atoms with van der Waals surface area (Å²) in [7, 11) is 2.16. The van der Waals surface area contributed by atoms with Crippen LogP contribution in [-0.4, -0.2) is 7.05 Å². The zero-order valence-electron chi connectivity index (χ0n) is 11.2. The van der Waals surface area contributed by atoms with E-state index in [9.17, 15) is 0 Å². The summed E-state index contributed by atoms with van der Waals surface area (Å²) in [6.45, 7) is 11.2. The Bertz CT molecular complexity index is 467. The van der Waals surface area contributed by atoms with Gasteiger partial charge in [-0.05, 0) is 43.5 Å². The van der Waals surface area contributed by atoms with Crippen LogP contribution in [0.15, 0.2) is 23.9 Å². The van der Waals surface area contributed by atoms with E-state index < -0.39 is 0 Å². The van der Waals surface area contributed by atoms with Gasteiger partial charge in [0.25, 0.3) is 0 Å². The molecule has 1 aliphatic rings. The average molecular weight is 215 g/mol. The SMILES string of the molecule is CC=C1N(C)c2ccc(C)c(C)c2C1(C)C. The number of likely N-dealkylation sites (N-methyl/N-ethyl adjacent to an activating group) is 1. The minimum absolute atomic E-state index is 0.134. The maximum absolute atomic E-state index is 2.32. The van der Waals surface area contributed by atoms with Gasteiger partial charge in [-0.3, -0.25) is 0 Å². The summed E-state index contributed by atoms with van der Waals surface area (Å²) >= 11 is 0. The molecule has 1 aliphatic heterocycles. The Morgan fingerprint density at radius 3 is 2.38 bits per heavy atom. The summed E-state index contributed by atoms with van der Waals surface area (Å²) in [5, 5.41) is 0. The summed E-state index contributed by atoms with van der Waals surface area (Å²) in [6, 6.07) is 4.47. The summed E-state index contributed by atoms with van der Waals surface area (Å²) in [5.74, 6) is 0. The van der Waals surface area contributed by atoms with Gasteiger partial charge in [0.1, 0.15) is 0 Å². The number of nitrogens with zero attached hydrogens (tertiary/aromatic N) is 1. The molecule has 86 valence electrons. The second kappa shape index (κ2) is 3.38. The van der Waals surface area contributed by atoms with Crippen LogP contribution in [0.4, 0.5) is 5.69 Å². The summed E-state index contributed by atoms with van der Waals surface area (Å²) < 4.78 is 0. The first kappa shape index (κ1) is 11.3. The lowest BCUT2D eigenvalue weighted by Gasteiger charge is -2.24. The molecule has 0 saturated heterocycles. The van der Waals surface area contributed by atoms with E-state index in [0.29, 0.717) is 0 Å².